The van der Waals surface area contributed by atoms with Crippen LogP contribution >= 0.6 is 0 Å². The normalized spacial score (nSPS) is 14.1. The molecule has 2 aromatic rings. The number of rotatable bonds is 6. The van der Waals surface area contributed by atoms with Crippen LogP contribution in [0.3, 0.4) is 0 Å². The molecule has 2 aromatic carbocycles. The van der Waals surface area contributed by atoms with Gasteiger partial charge in [0.2, 0.25) is 5.91 Å². The van der Waals surface area contributed by atoms with Crippen LogP contribution in [0, 0.1) is 11.7 Å². The van der Waals surface area contributed by atoms with Crippen LogP contribution in [0.1, 0.15) is 33.6 Å². The van der Waals surface area contributed by atoms with Gasteiger partial charge in [-0.15, -0.1) is 0 Å². The first kappa shape index (κ1) is 22.1. The molecule has 164 valence electrons. The number of likely N-dealkylation sites (tertiary alicyclic amines) is 1. The average Bonchev–Trinajstić information content (AvgIpc) is 2.79. The van der Waals surface area contributed by atoms with E-state index in [9.17, 15) is 18.8 Å². The lowest BCUT2D eigenvalue weighted by molar-refractivity contribution is -0.121. The minimum Gasteiger partial charge on any atom is -0.497 e. The van der Waals surface area contributed by atoms with Gasteiger partial charge in [-0.05, 0) is 43.2 Å². The fourth-order valence-electron chi connectivity index (χ4n) is 3.49. The van der Waals surface area contributed by atoms with Gasteiger partial charge < -0.3 is 25.4 Å². The highest BCUT2D eigenvalue weighted by Gasteiger charge is 2.28. The zero-order valence-corrected chi connectivity index (χ0v) is 17.3. The third kappa shape index (κ3) is 5.11. The second-order valence-electron chi connectivity index (χ2n) is 7.22. The summed E-state index contributed by atoms with van der Waals surface area (Å²) in [4.78, 5) is 38.4. The van der Waals surface area contributed by atoms with Gasteiger partial charge in [0.05, 0.1) is 19.8 Å². The number of carbonyl (C=O) groups excluding carboxylic acids is 3. The Morgan fingerprint density at radius 3 is 2.19 bits per heavy atom. The molecule has 0 bridgehead atoms. The van der Waals surface area contributed by atoms with Crippen molar-refractivity contribution in [3.63, 3.8) is 0 Å². The third-order valence-corrected chi connectivity index (χ3v) is 5.25. The quantitative estimate of drug-likeness (QED) is 0.733. The van der Waals surface area contributed by atoms with Crippen LogP contribution in [0.15, 0.2) is 36.4 Å². The van der Waals surface area contributed by atoms with Crippen molar-refractivity contribution >= 4 is 23.4 Å². The second-order valence-corrected chi connectivity index (χ2v) is 7.22. The van der Waals surface area contributed by atoms with E-state index in [4.69, 9.17) is 15.2 Å². The van der Waals surface area contributed by atoms with Crippen LogP contribution in [0.5, 0.6) is 11.5 Å². The molecule has 1 fully saturated rings. The van der Waals surface area contributed by atoms with Crippen LogP contribution in [0.25, 0.3) is 0 Å². The maximum absolute atomic E-state index is 13.6. The van der Waals surface area contributed by atoms with E-state index in [0.717, 1.165) is 6.07 Å². The van der Waals surface area contributed by atoms with Crippen LogP contribution in [-0.4, -0.2) is 49.9 Å². The molecule has 1 saturated heterocycles. The van der Waals surface area contributed by atoms with Gasteiger partial charge in [-0.2, -0.15) is 0 Å². The van der Waals surface area contributed by atoms with E-state index >= 15 is 0 Å². The Bertz CT molecular complexity index is 980. The first-order valence-corrected chi connectivity index (χ1v) is 9.75. The Hall–Kier alpha value is -3.62. The largest absolute Gasteiger partial charge is 0.497 e. The lowest BCUT2D eigenvalue weighted by Gasteiger charge is -2.31. The number of methoxy groups -OCH3 is 2. The highest BCUT2D eigenvalue weighted by Crippen LogP contribution is 2.26. The van der Waals surface area contributed by atoms with Gasteiger partial charge in [-0.3, -0.25) is 14.4 Å². The first-order chi connectivity index (χ1) is 14.8. The molecule has 1 heterocycles. The Balaban J connectivity index is 1.62. The molecule has 0 spiro atoms. The lowest BCUT2D eigenvalue weighted by Crippen LogP contribution is -2.41. The van der Waals surface area contributed by atoms with Crippen LogP contribution in [0.4, 0.5) is 10.1 Å². The van der Waals surface area contributed by atoms with E-state index in [0.29, 0.717) is 48.7 Å². The maximum atomic E-state index is 13.6. The summed E-state index contributed by atoms with van der Waals surface area (Å²) in [6, 6.07) is 8.65. The molecule has 0 saturated carbocycles. The van der Waals surface area contributed by atoms with Crippen LogP contribution < -0.4 is 20.5 Å². The van der Waals surface area contributed by atoms with E-state index in [1.165, 1.54) is 26.4 Å². The molecule has 3 amide bonds. The molecule has 0 unspecified atom stereocenters. The van der Waals surface area contributed by atoms with E-state index in [2.05, 4.69) is 5.32 Å². The summed E-state index contributed by atoms with van der Waals surface area (Å²) < 4.78 is 24.0. The molecule has 1 aliphatic rings. The standard InChI is InChI=1S/C22H24FN3O5/c1-30-16-9-14(10-17(12-16)31-2)22(29)26-7-5-13(6-8-26)21(28)25-15-3-4-19(23)18(11-15)20(24)27/h3-4,9-13H,5-8H2,1-2H3,(H2,24,27)(H,25,28). The maximum Gasteiger partial charge on any atom is 0.254 e. The third-order valence-electron chi connectivity index (χ3n) is 5.25. The Morgan fingerprint density at radius 1 is 1.03 bits per heavy atom. The molecule has 3 rings (SSSR count). The number of nitrogens with zero attached hydrogens (tertiary/aromatic N) is 1. The molecule has 0 aliphatic carbocycles. The molecule has 0 atom stereocenters. The number of amides is 3. The summed E-state index contributed by atoms with van der Waals surface area (Å²) in [6.45, 7) is 0.818. The van der Waals surface area contributed by atoms with Crippen molar-refractivity contribution in [2.75, 3.05) is 32.6 Å². The molecule has 1 aliphatic heterocycles. The monoisotopic (exact) mass is 429 g/mol. The number of nitrogens with two attached hydrogens (primary N) is 1. The molecule has 3 N–H and O–H groups in total. The topological polar surface area (TPSA) is 111 Å². The van der Waals surface area contributed by atoms with E-state index in [1.807, 2.05) is 0 Å². The number of halogens is 1. The van der Waals surface area contributed by atoms with E-state index in [-0.39, 0.29) is 23.3 Å². The van der Waals surface area contributed by atoms with Gasteiger partial charge in [0.1, 0.15) is 17.3 Å². The first-order valence-electron chi connectivity index (χ1n) is 9.75. The molecule has 0 aromatic heterocycles. The summed E-state index contributed by atoms with van der Waals surface area (Å²) >= 11 is 0. The van der Waals surface area contributed by atoms with Crippen molar-refractivity contribution in [2.24, 2.45) is 11.7 Å². The highest BCUT2D eigenvalue weighted by molar-refractivity contribution is 5.98. The van der Waals surface area contributed by atoms with E-state index < -0.39 is 11.7 Å². The summed E-state index contributed by atoms with van der Waals surface area (Å²) in [5.74, 6) is -1.34. The number of carbonyl (C=O) groups is 3. The van der Waals surface area contributed by atoms with Gasteiger partial charge in [0.15, 0.2) is 0 Å². The number of nitrogens with one attached hydrogen (secondary N) is 1. The van der Waals surface area contributed by atoms with Crippen LogP contribution in [0.2, 0.25) is 0 Å². The molecule has 31 heavy (non-hydrogen) atoms. The zero-order valence-electron chi connectivity index (χ0n) is 17.3. The SMILES string of the molecule is COc1cc(OC)cc(C(=O)N2CCC(C(=O)Nc3ccc(F)c(C(N)=O)c3)CC2)c1. The summed E-state index contributed by atoms with van der Waals surface area (Å²) in [6.07, 6.45) is 0.950. The second kappa shape index (κ2) is 9.46. The van der Waals surface area contributed by atoms with Crippen molar-refractivity contribution in [3.05, 3.63) is 53.3 Å². The van der Waals surface area contributed by atoms with Crippen LogP contribution in [-0.2, 0) is 4.79 Å². The number of benzene rings is 2. The molecule has 8 nitrogen and oxygen atoms in total. The highest BCUT2D eigenvalue weighted by atomic mass is 19.1. The smallest absolute Gasteiger partial charge is 0.254 e. The Labute approximate surface area is 179 Å². The van der Waals surface area contributed by atoms with Gasteiger partial charge in [-0.25, -0.2) is 4.39 Å². The predicted octanol–water partition coefficient (Wildman–Crippen LogP) is 2.43. The number of ether oxygens (including phenoxy) is 2. The minimum absolute atomic E-state index is 0.166. The number of primary amides is 1. The van der Waals surface area contributed by atoms with Crippen molar-refractivity contribution in [2.45, 2.75) is 12.8 Å². The van der Waals surface area contributed by atoms with Crippen molar-refractivity contribution < 1.29 is 28.2 Å². The average molecular weight is 429 g/mol. The van der Waals surface area contributed by atoms with Gasteiger partial charge in [-0.1, -0.05) is 0 Å². The van der Waals surface area contributed by atoms with E-state index in [1.54, 1.807) is 23.1 Å². The van der Waals surface area contributed by atoms with Crippen molar-refractivity contribution in [1.29, 1.82) is 0 Å². The van der Waals surface area contributed by atoms with Gasteiger partial charge in [0.25, 0.3) is 11.8 Å². The Morgan fingerprint density at radius 2 is 1.65 bits per heavy atom. The molecule has 9 heteroatoms. The lowest BCUT2D eigenvalue weighted by atomic mass is 9.95. The number of hydrogen-bond acceptors (Lipinski definition) is 5. The molecule has 0 radical (unpaired) electrons. The van der Waals surface area contributed by atoms with Crippen molar-refractivity contribution in [3.8, 4) is 11.5 Å². The Kier molecular flexibility index (Phi) is 6.74. The zero-order chi connectivity index (χ0) is 22.5. The molecular formula is C22H24FN3O5. The fraction of sp³-hybridized carbons (Fsp3) is 0.318. The summed E-state index contributed by atoms with van der Waals surface area (Å²) in [5.41, 5.74) is 5.60. The number of anilines is 1. The van der Waals surface area contributed by atoms with Crippen molar-refractivity contribution in [1.82, 2.24) is 4.90 Å². The summed E-state index contributed by atoms with van der Waals surface area (Å²) in [7, 11) is 3.03. The number of hydrogen-bond donors (Lipinski definition) is 2. The van der Waals surface area contributed by atoms with Gasteiger partial charge in [0, 0.05) is 36.3 Å². The number of piperidine rings is 1. The fourth-order valence-corrected chi connectivity index (χ4v) is 3.49. The minimum atomic E-state index is -0.908. The predicted molar refractivity (Wildman–Crippen MR) is 112 cm³/mol. The summed E-state index contributed by atoms with van der Waals surface area (Å²) in [5, 5.41) is 2.69. The van der Waals surface area contributed by atoms with Gasteiger partial charge >= 0.3 is 0 Å². The molecular weight excluding hydrogens is 405 g/mol.